The number of rotatable bonds is 9. The lowest BCUT2D eigenvalue weighted by Crippen LogP contribution is -2.31. The van der Waals surface area contributed by atoms with Gasteiger partial charge in [-0.1, -0.05) is 6.07 Å². The first-order valence-electron chi connectivity index (χ1n) is 10.8. The summed E-state index contributed by atoms with van der Waals surface area (Å²) in [7, 11) is 5.03. The number of allylic oxidation sites excluding steroid dienone is 1. The lowest BCUT2D eigenvalue weighted by atomic mass is 10.2. The van der Waals surface area contributed by atoms with Crippen LogP contribution in [0.3, 0.4) is 0 Å². The zero-order valence-corrected chi connectivity index (χ0v) is 20.8. The third kappa shape index (κ3) is 5.16. The Morgan fingerprint density at radius 3 is 2.43 bits per heavy atom. The van der Waals surface area contributed by atoms with E-state index in [0.29, 0.717) is 28.8 Å². The van der Waals surface area contributed by atoms with Gasteiger partial charge in [-0.25, -0.2) is 19.8 Å². The highest BCUT2D eigenvalue weighted by atomic mass is 32.2. The van der Waals surface area contributed by atoms with Crippen LogP contribution in [0, 0.1) is 5.82 Å². The minimum Gasteiger partial charge on any atom is -0.593 e. The number of hydrogen-bond donors (Lipinski definition) is 2. The Kier molecular flexibility index (Phi) is 7.38. The van der Waals surface area contributed by atoms with Crippen molar-refractivity contribution in [2.75, 3.05) is 26.0 Å². The Balaban J connectivity index is 1.71. The molecular formula is C22H27FN8O3S. The van der Waals surface area contributed by atoms with Gasteiger partial charge in [0.2, 0.25) is 0 Å². The molecule has 11 nitrogen and oxygen atoms in total. The molecule has 4 rings (SSSR count). The van der Waals surface area contributed by atoms with Crippen LogP contribution in [-0.2, 0) is 17.8 Å². The number of hydrazine groups is 1. The summed E-state index contributed by atoms with van der Waals surface area (Å²) in [6.45, 7) is 3.76. The summed E-state index contributed by atoms with van der Waals surface area (Å²) < 4.78 is 42.3. The molecule has 0 radical (unpaired) electrons. The number of methoxy groups -OCH3 is 2. The normalized spacial score (nSPS) is 17.2. The molecule has 0 spiro atoms. The van der Waals surface area contributed by atoms with E-state index in [1.165, 1.54) is 0 Å². The smallest absolute Gasteiger partial charge is 0.271 e. The Bertz CT molecular complexity index is 1180. The highest BCUT2D eigenvalue weighted by molar-refractivity contribution is 7.93. The molecule has 3 atom stereocenters. The van der Waals surface area contributed by atoms with Crippen LogP contribution in [-0.4, -0.2) is 60.8 Å². The molecule has 35 heavy (non-hydrogen) atoms. The van der Waals surface area contributed by atoms with Gasteiger partial charge in [-0.3, -0.25) is 4.57 Å². The standard InChI is InChI=1S/C22H27FN8O3S/c1-13-9-16(28-30(13)3)21-26-27-22(31(21)20-17(33-4)7-6-8-18(20)34-5)29-35(32)14(2)10-19-24-11-15(23)12-25-19/h6-9,11-12,14,16,28H,10H2,1-5H3,(H,27,29). The SMILES string of the molecule is COc1cccc(OC)c1-n1c(N[S+]([O-])C(C)Cc2ncc(F)cn2)nnc1C1C=C(C)N(C)N1. The van der Waals surface area contributed by atoms with Gasteiger partial charge < -0.3 is 19.0 Å². The Morgan fingerprint density at radius 2 is 1.86 bits per heavy atom. The first kappa shape index (κ1) is 24.7. The van der Waals surface area contributed by atoms with E-state index in [-0.39, 0.29) is 18.4 Å². The van der Waals surface area contributed by atoms with E-state index in [2.05, 4.69) is 30.3 Å². The van der Waals surface area contributed by atoms with Crippen molar-refractivity contribution in [3.8, 4) is 17.2 Å². The zero-order chi connectivity index (χ0) is 25.1. The van der Waals surface area contributed by atoms with Gasteiger partial charge in [0.15, 0.2) is 11.6 Å². The van der Waals surface area contributed by atoms with Gasteiger partial charge >= 0.3 is 0 Å². The van der Waals surface area contributed by atoms with Crippen molar-refractivity contribution < 1.29 is 18.4 Å². The number of benzene rings is 1. The number of hydrogen-bond acceptors (Lipinski definition) is 10. The number of ether oxygens (including phenoxy) is 2. The van der Waals surface area contributed by atoms with E-state index in [4.69, 9.17) is 9.47 Å². The summed E-state index contributed by atoms with van der Waals surface area (Å²) in [6, 6.07) is 5.11. The molecule has 1 aromatic carbocycles. The minimum absolute atomic E-state index is 0.246. The van der Waals surface area contributed by atoms with Crippen LogP contribution in [0.2, 0.25) is 0 Å². The third-order valence-corrected chi connectivity index (χ3v) is 6.84. The molecule has 3 heterocycles. The second-order valence-electron chi connectivity index (χ2n) is 7.93. The fourth-order valence-electron chi connectivity index (χ4n) is 3.64. The largest absolute Gasteiger partial charge is 0.593 e. The topological polar surface area (TPSA) is 125 Å². The second-order valence-corrected chi connectivity index (χ2v) is 9.54. The van der Waals surface area contributed by atoms with Crippen LogP contribution >= 0.6 is 0 Å². The molecule has 2 aromatic heterocycles. The molecule has 2 N–H and O–H groups in total. The van der Waals surface area contributed by atoms with E-state index in [9.17, 15) is 8.94 Å². The number of nitrogens with one attached hydrogen (secondary N) is 2. The Labute approximate surface area is 205 Å². The van der Waals surface area contributed by atoms with Crippen molar-refractivity contribution in [3.63, 3.8) is 0 Å². The van der Waals surface area contributed by atoms with Gasteiger partial charge in [0.05, 0.1) is 44.4 Å². The van der Waals surface area contributed by atoms with E-state index >= 15 is 0 Å². The first-order valence-corrected chi connectivity index (χ1v) is 12.0. The van der Waals surface area contributed by atoms with Crippen molar-refractivity contribution in [1.82, 2.24) is 35.2 Å². The Hall–Kier alpha value is -3.42. The van der Waals surface area contributed by atoms with Gasteiger partial charge in [0.25, 0.3) is 5.95 Å². The number of aromatic nitrogens is 5. The van der Waals surface area contributed by atoms with Crippen LogP contribution < -0.4 is 19.6 Å². The van der Waals surface area contributed by atoms with Crippen LogP contribution in [0.25, 0.3) is 5.69 Å². The van der Waals surface area contributed by atoms with Crippen LogP contribution in [0.5, 0.6) is 11.5 Å². The monoisotopic (exact) mass is 502 g/mol. The molecule has 0 saturated carbocycles. The molecule has 13 heteroatoms. The summed E-state index contributed by atoms with van der Waals surface area (Å²) in [5.41, 5.74) is 4.90. The summed E-state index contributed by atoms with van der Waals surface area (Å²) in [4.78, 5) is 7.91. The lowest BCUT2D eigenvalue weighted by molar-refractivity contribution is 0.305. The molecule has 186 valence electrons. The maximum absolute atomic E-state index is 13.2. The van der Waals surface area contributed by atoms with Crippen molar-refractivity contribution >= 4 is 17.3 Å². The van der Waals surface area contributed by atoms with Gasteiger partial charge in [-0.15, -0.1) is 10.2 Å². The average molecular weight is 503 g/mol. The summed E-state index contributed by atoms with van der Waals surface area (Å²) in [6.07, 6.45) is 4.46. The average Bonchev–Trinajstić information content (AvgIpc) is 3.41. The highest BCUT2D eigenvalue weighted by Gasteiger charge is 2.31. The fourth-order valence-corrected chi connectivity index (χ4v) is 4.45. The van der Waals surface area contributed by atoms with Crippen LogP contribution in [0.15, 0.2) is 42.4 Å². The van der Waals surface area contributed by atoms with Crippen molar-refractivity contribution in [2.24, 2.45) is 0 Å². The molecule has 0 amide bonds. The summed E-state index contributed by atoms with van der Waals surface area (Å²) in [5, 5.41) is 10.2. The molecular weight excluding hydrogens is 475 g/mol. The quantitative estimate of drug-likeness (QED) is 0.421. The lowest BCUT2D eigenvalue weighted by Gasteiger charge is -2.22. The van der Waals surface area contributed by atoms with E-state index < -0.39 is 22.4 Å². The highest BCUT2D eigenvalue weighted by Crippen LogP contribution is 2.37. The molecule has 0 saturated heterocycles. The number of nitrogens with zero attached hydrogens (tertiary/aromatic N) is 6. The van der Waals surface area contributed by atoms with E-state index in [1.807, 2.05) is 31.1 Å². The molecule has 0 fully saturated rings. The summed E-state index contributed by atoms with van der Waals surface area (Å²) in [5.74, 6) is 1.71. The van der Waals surface area contributed by atoms with Crippen molar-refractivity contribution in [1.29, 1.82) is 0 Å². The van der Waals surface area contributed by atoms with Gasteiger partial charge in [0.1, 0.15) is 34.3 Å². The molecule has 1 aliphatic heterocycles. The maximum atomic E-state index is 13.2. The molecule has 1 aliphatic rings. The first-order chi connectivity index (χ1) is 16.8. The minimum atomic E-state index is -1.60. The number of halogens is 1. The zero-order valence-electron chi connectivity index (χ0n) is 20.0. The fraction of sp³-hybridized carbons (Fsp3) is 0.364. The van der Waals surface area contributed by atoms with Gasteiger partial charge in [0, 0.05) is 12.7 Å². The van der Waals surface area contributed by atoms with Crippen LogP contribution in [0.1, 0.15) is 31.5 Å². The van der Waals surface area contributed by atoms with Gasteiger partial charge in [-0.2, -0.15) is 4.72 Å². The second kappa shape index (κ2) is 10.5. The number of para-hydroxylation sites is 1. The molecule has 0 aliphatic carbocycles. The van der Waals surface area contributed by atoms with E-state index in [1.54, 1.807) is 37.8 Å². The summed E-state index contributed by atoms with van der Waals surface area (Å²) >= 11 is -1.60. The maximum Gasteiger partial charge on any atom is 0.271 e. The number of anilines is 1. The predicted octanol–water partition coefficient (Wildman–Crippen LogP) is 2.32. The predicted molar refractivity (Wildman–Crippen MR) is 129 cm³/mol. The molecule has 0 bridgehead atoms. The molecule has 3 aromatic rings. The van der Waals surface area contributed by atoms with Crippen molar-refractivity contribution in [2.45, 2.75) is 31.6 Å². The Morgan fingerprint density at radius 1 is 1.20 bits per heavy atom. The van der Waals surface area contributed by atoms with Crippen molar-refractivity contribution in [3.05, 3.63) is 59.8 Å². The van der Waals surface area contributed by atoms with Gasteiger partial charge in [-0.05, 0) is 32.1 Å². The van der Waals surface area contributed by atoms with E-state index in [0.717, 1.165) is 18.1 Å². The molecule has 3 unspecified atom stereocenters. The van der Waals surface area contributed by atoms with Crippen LogP contribution in [0.4, 0.5) is 10.3 Å². The third-order valence-electron chi connectivity index (χ3n) is 5.56.